The van der Waals surface area contributed by atoms with E-state index in [-0.39, 0.29) is 11.8 Å². The number of carbonyl (C=O) groups is 1. The minimum Gasteiger partial charge on any atom is -0.508 e. The number of amides is 2. The predicted molar refractivity (Wildman–Crippen MR) is 133 cm³/mol. The van der Waals surface area contributed by atoms with Crippen molar-refractivity contribution in [1.29, 1.82) is 0 Å². The van der Waals surface area contributed by atoms with Gasteiger partial charge in [-0.2, -0.15) is 0 Å². The average molecular weight is 433 g/mol. The summed E-state index contributed by atoms with van der Waals surface area (Å²) in [6, 6.07) is 7.02. The van der Waals surface area contributed by atoms with Crippen LogP contribution in [0.25, 0.3) is 0 Å². The summed E-state index contributed by atoms with van der Waals surface area (Å²) in [6.07, 6.45) is 22.6. The number of rotatable bonds is 20. The zero-order valence-electron chi connectivity index (χ0n) is 20.1. The lowest BCUT2D eigenvalue weighted by molar-refractivity contribution is 0.241. The third-order valence-electron chi connectivity index (χ3n) is 5.95. The Labute approximate surface area is 191 Å². The van der Waals surface area contributed by atoms with Gasteiger partial charge in [0, 0.05) is 13.1 Å². The van der Waals surface area contributed by atoms with Crippen LogP contribution in [0.4, 0.5) is 4.79 Å². The van der Waals surface area contributed by atoms with Crippen LogP contribution in [0.1, 0.15) is 115 Å². The van der Waals surface area contributed by atoms with E-state index in [0.717, 1.165) is 24.9 Å². The molecule has 0 aliphatic rings. The van der Waals surface area contributed by atoms with E-state index >= 15 is 0 Å². The summed E-state index contributed by atoms with van der Waals surface area (Å²) in [5.41, 5.74) is 1.11. The highest BCUT2D eigenvalue weighted by molar-refractivity contribution is 5.73. The first-order valence-corrected chi connectivity index (χ1v) is 13.0. The zero-order valence-corrected chi connectivity index (χ0v) is 20.1. The van der Waals surface area contributed by atoms with Crippen LogP contribution in [0.15, 0.2) is 24.3 Å². The Balaban J connectivity index is 1.76. The number of unbranched alkanes of at least 4 members (excludes halogenated alkanes) is 15. The quantitative estimate of drug-likeness (QED) is 0.187. The molecule has 0 atom stereocenters. The van der Waals surface area contributed by atoms with Crippen molar-refractivity contribution in [2.75, 3.05) is 13.1 Å². The van der Waals surface area contributed by atoms with Crippen molar-refractivity contribution in [2.45, 2.75) is 116 Å². The van der Waals surface area contributed by atoms with Gasteiger partial charge in [0.2, 0.25) is 0 Å². The first-order chi connectivity index (χ1) is 15.2. The Kier molecular flexibility index (Phi) is 17.8. The number of urea groups is 1. The smallest absolute Gasteiger partial charge is 0.314 e. The van der Waals surface area contributed by atoms with Gasteiger partial charge >= 0.3 is 6.03 Å². The number of phenols is 1. The van der Waals surface area contributed by atoms with Crippen molar-refractivity contribution in [3.63, 3.8) is 0 Å². The average Bonchev–Trinajstić information content (AvgIpc) is 2.77. The highest BCUT2D eigenvalue weighted by atomic mass is 16.3. The summed E-state index contributed by atoms with van der Waals surface area (Å²) in [4.78, 5) is 11.8. The first-order valence-electron chi connectivity index (χ1n) is 13.0. The van der Waals surface area contributed by atoms with Crippen LogP contribution < -0.4 is 10.6 Å². The van der Waals surface area contributed by atoms with Crippen LogP contribution in [0, 0.1) is 0 Å². The molecule has 1 aromatic rings. The summed E-state index contributed by atoms with van der Waals surface area (Å²) in [5.74, 6) is 0.272. The fraction of sp³-hybridized carbons (Fsp3) is 0.741. The molecule has 31 heavy (non-hydrogen) atoms. The van der Waals surface area contributed by atoms with Gasteiger partial charge < -0.3 is 15.7 Å². The second-order valence-electron chi connectivity index (χ2n) is 8.90. The molecule has 178 valence electrons. The van der Waals surface area contributed by atoms with Gasteiger partial charge in [-0.25, -0.2) is 4.79 Å². The van der Waals surface area contributed by atoms with Crippen molar-refractivity contribution in [3.8, 4) is 5.75 Å². The summed E-state index contributed by atoms with van der Waals surface area (Å²) in [6.45, 7) is 3.64. The number of hydrogen-bond acceptors (Lipinski definition) is 2. The molecule has 0 saturated heterocycles. The van der Waals surface area contributed by atoms with Crippen molar-refractivity contribution >= 4 is 6.03 Å². The zero-order chi connectivity index (χ0) is 22.4. The van der Waals surface area contributed by atoms with E-state index in [2.05, 4.69) is 17.6 Å². The predicted octanol–water partition coefficient (Wildman–Crippen LogP) is 7.50. The fourth-order valence-corrected chi connectivity index (χ4v) is 3.92. The third kappa shape index (κ3) is 17.6. The molecule has 0 heterocycles. The van der Waals surface area contributed by atoms with Crippen molar-refractivity contribution in [1.82, 2.24) is 10.6 Å². The van der Waals surface area contributed by atoms with E-state index in [1.165, 1.54) is 96.3 Å². The molecule has 0 fully saturated rings. The maximum atomic E-state index is 11.8. The Bertz CT molecular complexity index is 531. The number of aromatic hydroxyl groups is 1. The van der Waals surface area contributed by atoms with E-state index < -0.39 is 0 Å². The summed E-state index contributed by atoms with van der Waals surface area (Å²) < 4.78 is 0. The van der Waals surface area contributed by atoms with Gasteiger partial charge in [0.05, 0.1) is 0 Å². The monoisotopic (exact) mass is 432 g/mol. The van der Waals surface area contributed by atoms with E-state index in [0.29, 0.717) is 6.54 Å². The van der Waals surface area contributed by atoms with Crippen LogP contribution in [-0.2, 0) is 6.42 Å². The summed E-state index contributed by atoms with van der Waals surface area (Å²) >= 11 is 0. The van der Waals surface area contributed by atoms with Crippen molar-refractivity contribution in [3.05, 3.63) is 29.8 Å². The normalized spacial score (nSPS) is 10.9. The Morgan fingerprint density at radius 2 is 1.06 bits per heavy atom. The molecule has 0 bridgehead atoms. The molecule has 4 nitrogen and oxygen atoms in total. The highest BCUT2D eigenvalue weighted by Gasteiger charge is 2.00. The molecule has 0 aliphatic carbocycles. The molecule has 0 spiro atoms. The number of benzene rings is 1. The van der Waals surface area contributed by atoms with Gasteiger partial charge in [0.15, 0.2) is 0 Å². The third-order valence-corrected chi connectivity index (χ3v) is 5.95. The lowest BCUT2D eigenvalue weighted by Gasteiger charge is -2.08. The summed E-state index contributed by atoms with van der Waals surface area (Å²) in [5, 5.41) is 15.1. The first kappa shape index (κ1) is 27.3. The maximum absolute atomic E-state index is 11.8. The van der Waals surface area contributed by atoms with Crippen LogP contribution in [0.5, 0.6) is 5.75 Å². The van der Waals surface area contributed by atoms with E-state index in [4.69, 9.17) is 0 Å². The standard InChI is InChI=1S/C27H48N2O2/c1-2-3-4-5-6-7-8-9-10-11-12-13-14-15-16-17-23-28-27(31)29-24-22-25-18-20-26(30)21-19-25/h18-21,30H,2-17,22-24H2,1H3,(H2,28,29,31). The van der Waals surface area contributed by atoms with Gasteiger partial charge in [0.25, 0.3) is 0 Å². The molecular weight excluding hydrogens is 384 g/mol. The minimum absolute atomic E-state index is 0.0836. The molecule has 0 aromatic heterocycles. The molecule has 0 aliphatic heterocycles. The van der Waals surface area contributed by atoms with Gasteiger partial charge in [0.1, 0.15) is 5.75 Å². The Hall–Kier alpha value is -1.71. The minimum atomic E-state index is -0.0836. The topological polar surface area (TPSA) is 61.4 Å². The van der Waals surface area contributed by atoms with E-state index in [1.807, 2.05) is 12.1 Å². The van der Waals surface area contributed by atoms with Gasteiger partial charge in [-0.05, 0) is 30.5 Å². The summed E-state index contributed by atoms with van der Waals surface area (Å²) in [7, 11) is 0. The van der Waals surface area contributed by atoms with E-state index in [9.17, 15) is 9.90 Å². The van der Waals surface area contributed by atoms with Crippen molar-refractivity contribution in [2.24, 2.45) is 0 Å². The van der Waals surface area contributed by atoms with E-state index in [1.54, 1.807) is 12.1 Å². The second kappa shape index (κ2) is 20.2. The molecule has 3 N–H and O–H groups in total. The molecular formula is C27H48N2O2. The van der Waals surface area contributed by atoms with Crippen molar-refractivity contribution < 1.29 is 9.90 Å². The van der Waals surface area contributed by atoms with Crippen LogP contribution in [0.2, 0.25) is 0 Å². The molecule has 1 rings (SSSR count). The molecule has 0 unspecified atom stereocenters. The molecule has 4 heteroatoms. The largest absolute Gasteiger partial charge is 0.508 e. The highest BCUT2D eigenvalue weighted by Crippen LogP contribution is 2.13. The van der Waals surface area contributed by atoms with Gasteiger partial charge in [-0.15, -0.1) is 0 Å². The number of carbonyl (C=O) groups excluding carboxylic acids is 1. The van der Waals surface area contributed by atoms with Gasteiger partial charge in [-0.1, -0.05) is 115 Å². The number of hydrogen-bond donors (Lipinski definition) is 3. The molecule has 0 radical (unpaired) electrons. The Morgan fingerprint density at radius 3 is 1.55 bits per heavy atom. The maximum Gasteiger partial charge on any atom is 0.314 e. The number of nitrogens with one attached hydrogen (secondary N) is 2. The number of phenolic OH excluding ortho intramolecular Hbond substituents is 1. The van der Waals surface area contributed by atoms with Crippen LogP contribution in [-0.4, -0.2) is 24.2 Å². The van der Waals surface area contributed by atoms with Gasteiger partial charge in [-0.3, -0.25) is 0 Å². The lowest BCUT2D eigenvalue weighted by atomic mass is 10.0. The SMILES string of the molecule is CCCCCCCCCCCCCCCCCCNC(=O)NCCc1ccc(O)cc1. The fourth-order valence-electron chi connectivity index (χ4n) is 3.92. The molecule has 1 aromatic carbocycles. The van der Waals surface area contributed by atoms with Crippen LogP contribution >= 0.6 is 0 Å². The lowest BCUT2D eigenvalue weighted by Crippen LogP contribution is -2.37. The Morgan fingerprint density at radius 1 is 0.645 bits per heavy atom. The second-order valence-corrected chi connectivity index (χ2v) is 8.90. The molecule has 0 saturated carbocycles. The molecule has 2 amide bonds. The van der Waals surface area contributed by atoms with Crippen LogP contribution in [0.3, 0.4) is 0 Å².